The van der Waals surface area contributed by atoms with E-state index < -0.39 is 0 Å². The Kier molecular flexibility index (Phi) is 3.53. The average molecular weight is 283 g/mol. The van der Waals surface area contributed by atoms with Crippen LogP contribution in [0.1, 0.15) is 46.2 Å². The zero-order valence-electron chi connectivity index (χ0n) is 12.8. The molecule has 1 saturated carbocycles. The van der Waals surface area contributed by atoms with E-state index in [1.165, 1.54) is 0 Å². The van der Waals surface area contributed by atoms with Crippen molar-refractivity contribution in [2.24, 2.45) is 13.0 Å². The minimum atomic E-state index is -0.00458. The van der Waals surface area contributed by atoms with E-state index in [1.54, 1.807) is 6.20 Å². The quantitative estimate of drug-likeness (QED) is 0.938. The molecule has 1 aliphatic carbocycles. The average Bonchev–Trinajstić information content (AvgIpc) is 3.25. The highest BCUT2D eigenvalue weighted by Crippen LogP contribution is 2.41. The molecule has 0 spiro atoms. The highest BCUT2D eigenvalue weighted by atomic mass is 16.1. The second-order valence-corrected chi connectivity index (χ2v) is 5.92. The molecule has 4 heteroatoms. The standard InChI is InChI=1S/C17H21N3O/c1-11-5-4-9-18-15(11)16(13-6-7-13)19-17(21)14-8-10-20(3)12(14)2/h4-5,8-10,13,16H,6-7H2,1-3H3,(H,19,21)/t16-/m0/s1. The molecule has 1 N–H and O–H groups in total. The van der Waals surface area contributed by atoms with Crippen molar-refractivity contribution in [2.75, 3.05) is 0 Å². The van der Waals surface area contributed by atoms with Gasteiger partial charge in [0.05, 0.1) is 17.3 Å². The number of hydrogen-bond donors (Lipinski definition) is 1. The van der Waals surface area contributed by atoms with Gasteiger partial charge in [-0.05, 0) is 50.3 Å². The predicted molar refractivity (Wildman–Crippen MR) is 82.1 cm³/mol. The zero-order chi connectivity index (χ0) is 15.0. The van der Waals surface area contributed by atoms with Crippen molar-refractivity contribution < 1.29 is 4.79 Å². The van der Waals surface area contributed by atoms with Crippen molar-refractivity contribution >= 4 is 5.91 Å². The highest BCUT2D eigenvalue weighted by Gasteiger charge is 2.35. The fraction of sp³-hybridized carbons (Fsp3) is 0.412. The van der Waals surface area contributed by atoms with E-state index in [-0.39, 0.29) is 11.9 Å². The van der Waals surface area contributed by atoms with Gasteiger partial charge in [0.1, 0.15) is 0 Å². The van der Waals surface area contributed by atoms with E-state index in [4.69, 9.17) is 0 Å². The first-order valence-corrected chi connectivity index (χ1v) is 7.42. The Labute approximate surface area is 125 Å². The number of carbonyl (C=O) groups is 1. The third-order valence-electron chi connectivity index (χ3n) is 4.35. The molecule has 0 aromatic carbocycles. The van der Waals surface area contributed by atoms with E-state index in [9.17, 15) is 4.79 Å². The second kappa shape index (κ2) is 5.35. The predicted octanol–water partition coefficient (Wildman–Crippen LogP) is 2.92. The van der Waals surface area contributed by atoms with Crippen molar-refractivity contribution in [3.63, 3.8) is 0 Å². The first-order valence-electron chi connectivity index (χ1n) is 7.42. The number of rotatable bonds is 4. The van der Waals surface area contributed by atoms with Crippen molar-refractivity contribution in [2.45, 2.75) is 32.7 Å². The number of hydrogen-bond acceptors (Lipinski definition) is 2. The Morgan fingerprint density at radius 1 is 1.38 bits per heavy atom. The number of amides is 1. The van der Waals surface area contributed by atoms with Gasteiger partial charge in [-0.25, -0.2) is 0 Å². The van der Waals surface area contributed by atoms with Gasteiger partial charge in [0.25, 0.3) is 5.91 Å². The van der Waals surface area contributed by atoms with Crippen LogP contribution >= 0.6 is 0 Å². The largest absolute Gasteiger partial charge is 0.354 e. The van der Waals surface area contributed by atoms with Crippen LogP contribution in [0.3, 0.4) is 0 Å². The van der Waals surface area contributed by atoms with E-state index in [0.29, 0.717) is 5.92 Å². The summed E-state index contributed by atoms with van der Waals surface area (Å²) in [6.07, 6.45) is 6.05. The van der Waals surface area contributed by atoms with E-state index in [0.717, 1.165) is 35.4 Å². The summed E-state index contributed by atoms with van der Waals surface area (Å²) >= 11 is 0. The van der Waals surface area contributed by atoms with Crippen molar-refractivity contribution in [1.29, 1.82) is 0 Å². The van der Waals surface area contributed by atoms with Crippen molar-refractivity contribution in [3.8, 4) is 0 Å². The molecule has 2 heterocycles. The van der Waals surface area contributed by atoms with Gasteiger partial charge in [0.2, 0.25) is 0 Å². The third-order valence-corrected chi connectivity index (χ3v) is 4.35. The second-order valence-electron chi connectivity index (χ2n) is 5.92. The lowest BCUT2D eigenvalue weighted by Gasteiger charge is -2.19. The van der Waals surface area contributed by atoms with Crippen LogP contribution in [0.2, 0.25) is 0 Å². The Morgan fingerprint density at radius 3 is 2.71 bits per heavy atom. The van der Waals surface area contributed by atoms with Crippen LogP contribution in [0.15, 0.2) is 30.6 Å². The SMILES string of the molecule is Cc1cccnc1[C@@H](NC(=O)c1ccn(C)c1C)C1CC1. The van der Waals surface area contributed by atoms with Crippen LogP contribution in [0, 0.1) is 19.8 Å². The number of nitrogens with one attached hydrogen (secondary N) is 1. The molecule has 0 saturated heterocycles. The Balaban J connectivity index is 1.85. The summed E-state index contributed by atoms with van der Waals surface area (Å²) in [4.78, 5) is 17.0. The molecule has 2 aromatic rings. The van der Waals surface area contributed by atoms with Crippen LogP contribution in [0.25, 0.3) is 0 Å². The lowest BCUT2D eigenvalue weighted by atomic mass is 10.0. The molecule has 0 aliphatic heterocycles. The summed E-state index contributed by atoms with van der Waals surface area (Å²) < 4.78 is 1.97. The third kappa shape index (κ3) is 2.71. The Bertz CT molecular complexity index is 670. The molecule has 4 nitrogen and oxygen atoms in total. The van der Waals surface area contributed by atoms with E-state index in [1.807, 2.05) is 36.9 Å². The van der Waals surface area contributed by atoms with Gasteiger partial charge >= 0.3 is 0 Å². The van der Waals surface area contributed by atoms with Crippen molar-refractivity contribution in [1.82, 2.24) is 14.9 Å². The number of pyridine rings is 1. The fourth-order valence-electron chi connectivity index (χ4n) is 2.73. The smallest absolute Gasteiger partial charge is 0.253 e. The molecule has 0 bridgehead atoms. The molecule has 1 aliphatic rings. The molecular weight excluding hydrogens is 262 g/mol. The van der Waals surface area contributed by atoms with Gasteiger partial charge in [-0.15, -0.1) is 0 Å². The molecular formula is C17H21N3O. The Morgan fingerprint density at radius 2 is 2.14 bits per heavy atom. The number of nitrogens with zero attached hydrogens (tertiary/aromatic N) is 2. The molecule has 2 aromatic heterocycles. The zero-order valence-corrected chi connectivity index (χ0v) is 12.8. The number of aromatic nitrogens is 2. The van der Waals surface area contributed by atoms with Crippen LogP contribution in [0.5, 0.6) is 0 Å². The normalized spacial score (nSPS) is 15.8. The highest BCUT2D eigenvalue weighted by molar-refractivity contribution is 5.95. The monoisotopic (exact) mass is 283 g/mol. The molecule has 0 unspecified atom stereocenters. The van der Waals surface area contributed by atoms with Gasteiger partial charge < -0.3 is 9.88 Å². The first-order chi connectivity index (χ1) is 10.1. The number of aryl methyl sites for hydroxylation is 2. The molecule has 1 amide bonds. The minimum Gasteiger partial charge on any atom is -0.354 e. The van der Waals surface area contributed by atoms with Crippen LogP contribution in [-0.2, 0) is 7.05 Å². The maximum atomic E-state index is 12.6. The van der Waals surface area contributed by atoms with Crippen molar-refractivity contribution in [3.05, 3.63) is 53.1 Å². The van der Waals surface area contributed by atoms with Gasteiger partial charge in [0.15, 0.2) is 0 Å². The molecule has 1 fully saturated rings. The fourth-order valence-corrected chi connectivity index (χ4v) is 2.73. The molecule has 21 heavy (non-hydrogen) atoms. The lowest BCUT2D eigenvalue weighted by Crippen LogP contribution is -2.31. The van der Waals surface area contributed by atoms with Crippen LogP contribution in [0.4, 0.5) is 0 Å². The molecule has 1 atom stereocenters. The summed E-state index contributed by atoms with van der Waals surface area (Å²) in [7, 11) is 1.95. The van der Waals surface area contributed by atoms with Crippen LogP contribution < -0.4 is 5.32 Å². The molecule has 3 rings (SSSR count). The molecule has 110 valence electrons. The maximum absolute atomic E-state index is 12.6. The lowest BCUT2D eigenvalue weighted by molar-refractivity contribution is 0.0930. The van der Waals surface area contributed by atoms with E-state index in [2.05, 4.69) is 23.3 Å². The summed E-state index contributed by atoms with van der Waals surface area (Å²) in [6.45, 7) is 4.02. The van der Waals surface area contributed by atoms with Gasteiger partial charge in [0, 0.05) is 25.1 Å². The van der Waals surface area contributed by atoms with Crippen LogP contribution in [-0.4, -0.2) is 15.5 Å². The summed E-state index contributed by atoms with van der Waals surface area (Å²) in [5.74, 6) is 0.515. The van der Waals surface area contributed by atoms with Gasteiger partial charge in [-0.1, -0.05) is 6.07 Å². The number of carbonyl (C=O) groups excluding carboxylic acids is 1. The topological polar surface area (TPSA) is 46.9 Å². The summed E-state index contributed by atoms with van der Waals surface area (Å²) in [6, 6.07) is 5.89. The minimum absolute atomic E-state index is 0.00458. The first kappa shape index (κ1) is 13.9. The summed E-state index contributed by atoms with van der Waals surface area (Å²) in [5, 5.41) is 3.19. The maximum Gasteiger partial charge on any atom is 0.253 e. The van der Waals surface area contributed by atoms with Gasteiger partial charge in [-0.3, -0.25) is 9.78 Å². The van der Waals surface area contributed by atoms with E-state index >= 15 is 0 Å². The Hall–Kier alpha value is -2.10. The summed E-state index contributed by atoms with van der Waals surface area (Å²) in [5.41, 5.74) is 3.87. The molecule has 0 radical (unpaired) electrons. The van der Waals surface area contributed by atoms with Gasteiger partial charge in [-0.2, -0.15) is 0 Å².